The first kappa shape index (κ1) is 14.5. The molecule has 2 N–H and O–H groups in total. The van der Waals surface area contributed by atoms with Gasteiger partial charge in [-0.3, -0.25) is 4.98 Å². The van der Waals surface area contributed by atoms with Crippen molar-refractivity contribution in [2.45, 2.75) is 57.4 Å². The minimum atomic E-state index is -0.146. The molecular weight excluding hydrogens is 256 g/mol. The van der Waals surface area contributed by atoms with Crippen molar-refractivity contribution in [2.24, 2.45) is 11.7 Å². The zero-order chi connectivity index (χ0) is 14.7. The van der Waals surface area contributed by atoms with Crippen LogP contribution in [-0.2, 0) is 5.54 Å². The van der Waals surface area contributed by atoms with Crippen LogP contribution < -0.4 is 5.73 Å². The van der Waals surface area contributed by atoms with Crippen molar-refractivity contribution in [3.63, 3.8) is 0 Å². The fourth-order valence-electron chi connectivity index (χ4n) is 3.81. The van der Waals surface area contributed by atoms with Crippen molar-refractivity contribution in [3.8, 4) is 0 Å². The lowest BCUT2D eigenvalue weighted by molar-refractivity contribution is 0.367. The molecule has 1 aliphatic carbocycles. The van der Waals surface area contributed by atoms with E-state index in [9.17, 15) is 0 Å². The minimum Gasteiger partial charge on any atom is -0.321 e. The van der Waals surface area contributed by atoms with E-state index < -0.39 is 0 Å². The monoisotopic (exact) mass is 282 g/mol. The second kappa shape index (κ2) is 6.15. The van der Waals surface area contributed by atoms with Gasteiger partial charge in [-0.1, -0.05) is 44.7 Å². The summed E-state index contributed by atoms with van der Waals surface area (Å²) in [5.74, 6) is 0.877. The quantitative estimate of drug-likeness (QED) is 0.824. The van der Waals surface area contributed by atoms with E-state index in [-0.39, 0.29) is 5.54 Å². The lowest BCUT2D eigenvalue weighted by Crippen LogP contribution is -2.36. The minimum absolute atomic E-state index is 0.146. The molecule has 1 saturated carbocycles. The Morgan fingerprint density at radius 1 is 1.24 bits per heavy atom. The standard InChI is InChI=1S/C19H26N2/c1-2-5-15-6-3-11-19(20,12-10-15)17-8-9-18-16(14-17)7-4-13-21-18/h4,7-9,13-15H,2-3,5-6,10-12,20H2,1H3. The van der Waals surface area contributed by atoms with Gasteiger partial charge in [-0.05, 0) is 48.9 Å². The van der Waals surface area contributed by atoms with Gasteiger partial charge >= 0.3 is 0 Å². The normalized spacial score (nSPS) is 26.7. The van der Waals surface area contributed by atoms with Crippen molar-refractivity contribution in [2.75, 3.05) is 0 Å². The highest BCUT2D eigenvalue weighted by molar-refractivity contribution is 5.79. The van der Waals surface area contributed by atoms with Gasteiger partial charge in [0.05, 0.1) is 5.52 Å². The molecule has 1 aromatic heterocycles. The van der Waals surface area contributed by atoms with Gasteiger partial charge < -0.3 is 5.73 Å². The van der Waals surface area contributed by atoms with Gasteiger partial charge in [-0.25, -0.2) is 0 Å². The van der Waals surface area contributed by atoms with Crippen molar-refractivity contribution in [1.29, 1.82) is 0 Å². The Labute approximate surface area is 127 Å². The first-order chi connectivity index (χ1) is 10.2. The third-order valence-corrected chi connectivity index (χ3v) is 5.11. The smallest absolute Gasteiger partial charge is 0.0702 e. The first-order valence-corrected chi connectivity index (χ1v) is 8.35. The Bertz CT molecular complexity index is 607. The van der Waals surface area contributed by atoms with E-state index in [1.807, 2.05) is 12.3 Å². The zero-order valence-corrected chi connectivity index (χ0v) is 13.0. The molecule has 2 nitrogen and oxygen atoms in total. The molecule has 1 aromatic carbocycles. The molecule has 112 valence electrons. The van der Waals surface area contributed by atoms with Crippen LogP contribution >= 0.6 is 0 Å². The molecule has 1 heterocycles. The van der Waals surface area contributed by atoms with E-state index in [0.717, 1.165) is 24.3 Å². The second-order valence-electron chi connectivity index (χ2n) is 6.65. The molecule has 2 aromatic rings. The Morgan fingerprint density at radius 2 is 2.14 bits per heavy atom. The van der Waals surface area contributed by atoms with E-state index in [1.165, 1.54) is 43.1 Å². The van der Waals surface area contributed by atoms with Crippen LogP contribution in [0.25, 0.3) is 10.9 Å². The maximum absolute atomic E-state index is 6.81. The first-order valence-electron chi connectivity index (χ1n) is 8.35. The van der Waals surface area contributed by atoms with Gasteiger partial charge in [-0.15, -0.1) is 0 Å². The summed E-state index contributed by atoms with van der Waals surface area (Å²) in [6.45, 7) is 2.29. The van der Waals surface area contributed by atoms with Gasteiger partial charge in [0, 0.05) is 17.1 Å². The van der Waals surface area contributed by atoms with Crippen LogP contribution in [-0.4, -0.2) is 4.98 Å². The Balaban J connectivity index is 1.85. The number of aromatic nitrogens is 1. The van der Waals surface area contributed by atoms with Gasteiger partial charge in [-0.2, -0.15) is 0 Å². The molecule has 0 spiro atoms. The summed E-state index contributed by atoms with van der Waals surface area (Å²) in [5.41, 5.74) is 9.01. The lowest BCUT2D eigenvalue weighted by atomic mass is 9.83. The fourth-order valence-corrected chi connectivity index (χ4v) is 3.81. The van der Waals surface area contributed by atoms with Crippen molar-refractivity contribution in [3.05, 3.63) is 42.1 Å². The maximum atomic E-state index is 6.81. The summed E-state index contributed by atoms with van der Waals surface area (Å²) in [4.78, 5) is 4.40. The molecule has 0 saturated heterocycles. The highest BCUT2D eigenvalue weighted by atomic mass is 14.7. The van der Waals surface area contributed by atoms with Crippen molar-refractivity contribution >= 4 is 10.9 Å². The number of hydrogen-bond acceptors (Lipinski definition) is 2. The largest absolute Gasteiger partial charge is 0.321 e. The van der Waals surface area contributed by atoms with Gasteiger partial charge in [0.1, 0.15) is 0 Å². The maximum Gasteiger partial charge on any atom is 0.0702 e. The number of fused-ring (bicyclic) bond motifs is 1. The lowest BCUT2D eigenvalue weighted by Gasteiger charge is -2.29. The molecule has 2 unspecified atom stereocenters. The van der Waals surface area contributed by atoms with E-state index >= 15 is 0 Å². The number of rotatable bonds is 3. The van der Waals surface area contributed by atoms with Crippen LogP contribution in [0.3, 0.4) is 0 Å². The van der Waals surface area contributed by atoms with Crippen LogP contribution in [0, 0.1) is 5.92 Å². The summed E-state index contributed by atoms with van der Waals surface area (Å²) in [6, 6.07) is 10.7. The average molecular weight is 282 g/mol. The molecule has 0 radical (unpaired) electrons. The predicted molar refractivity (Wildman–Crippen MR) is 89.1 cm³/mol. The fraction of sp³-hybridized carbons (Fsp3) is 0.526. The molecule has 3 rings (SSSR count). The van der Waals surface area contributed by atoms with Crippen molar-refractivity contribution in [1.82, 2.24) is 4.98 Å². The molecular formula is C19H26N2. The SMILES string of the molecule is CCCC1CCCC(N)(c2ccc3ncccc3c2)CC1. The highest BCUT2D eigenvalue weighted by Crippen LogP contribution is 2.37. The van der Waals surface area contributed by atoms with Gasteiger partial charge in [0.15, 0.2) is 0 Å². The van der Waals surface area contributed by atoms with Crippen LogP contribution in [0.5, 0.6) is 0 Å². The number of benzene rings is 1. The summed E-state index contributed by atoms with van der Waals surface area (Å²) in [6.07, 6.45) is 10.6. The zero-order valence-electron chi connectivity index (χ0n) is 13.0. The third-order valence-electron chi connectivity index (χ3n) is 5.11. The molecule has 0 amide bonds. The van der Waals surface area contributed by atoms with Crippen LogP contribution in [0.1, 0.15) is 57.4 Å². The third kappa shape index (κ3) is 3.11. The molecule has 2 heteroatoms. The summed E-state index contributed by atoms with van der Waals surface area (Å²) < 4.78 is 0. The van der Waals surface area contributed by atoms with Crippen LogP contribution in [0.2, 0.25) is 0 Å². The molecule has 0 bridgehead atoms. The highest BCUT2D eigenvalue weighted by Gasteiger charge is 2.30. The summed E-state index contributed by atoms with van der Waals surface area (Å²) in [7, 11) is 0. The van der Waals surface area contributed by atoms with Crippen molar-refractivity contribution < 1.29 is 0 Å². The number of pyridine rings is 1. The Hall–Kier alpha value is -1.41. The number of hydrogen-bond donors (Lipinski definition) is 1. The molecule has 2 atom stereocenters. The van der Waals surface area contributed by atoms with E-state index in [0.29, 0.717) is 0 Å². The predicted octanol–water partition coefficient (Wildman–Crippen LogP) is 4.77. The molecule has 1 fully saturated rings. The summed E-state index contributed by atoms with van der Waals surface area (Å²) >= 11 is 0. The number of nitrogens with zero attached hydrogens (tertiary/aromatic N) is 1. The van der Waals surface area contributed by atoms with Gasteiger partial charge in [0.2, 0.25) is 0 Å². The topological polar surface area (TPSA) is 38.9 Å². The molecule has 1 aliphatic rings. The van der Waals surface area contributed by atoms with E-state index in [4.69, 9.17) is 5.73 Å². The molecule has 21 heavy (non-hydrogen) atoms. The Morgan fingerprint density at radius 3 is 3.00 bits per heavy atom. The van der Waals surface area contributed by atoms with Crippen LogP contribution in [0.4, 0.5) is 0 Å². The average Bonchev–Trinajstić information content (AvgIpc) is 2.70. The van der Waals surface area contributed by atoms with E-state index in [1.54, 1.807) is 0 Å². The number of nitrogens with two attached hydrogens (primary N) is 1. The van der Waals surface area contributed by atoms with Crippen LogP contribution in [0.15, 0.2) is 36.5 Å². The Kier molecular flexibility index (Phi) is 4.25. The van der Waals surface area contributed by atoms with Gasteiger partial charge in [0.25, 0.3) is 0 Å². The molecule has 0 aliphatic heterocycles. The second-order valence-corrected chi connectivity index (χ2v) is 6.65. The summed E-state index contributed by atoms with van der Waals surface area (Å²) in [5, 5.41) is 1.20. The van der Waals surface area contributed by atoms with E-state index in [2.05, 4.69) is 36.2 Å².